The van der Waals surface area contributed by atoms with Gasteiger partial charge in [0, 0.05) is 31.3 Å². The first kappa shape index (κ1) is 20.7. The van der Waals surface area contributed by atoms with E-state index in [0.717, 1.165) is 46.7 Å². The summed E-state index contributed by atoms with van der Waals surface area (Å²) < 4.78 is 18.9. The Morgan fingerprint density at radius 2 is 2.12 bits per heavy atom. The Kier molecular flexibility index (Phi) is 5.89. The Morgan fingerprint density at radius 1 is 1.19 bits per heavy atom. The van der Waals surface area contributed by atoms with Gasteiger partial charge >= 0.3 is 0 Å². The van der Waals surface area contributed by atoms with Gasteiger partial charge in [-0.2, -0.15) is 0 Å². The van der Waals surface area contributed by atoms with Gasteiger partial charge in [-0.05, 0) is 31.2 Å². The van der Waals surface area contributed by atoms with E-state index in [0.29, 0.717) is 25.5 Å². The Morgan fingerprint density at radius 3 is 3.00 bits per heavy atom. The summed E-state index contributed by atoms with van der Waals surface area (Å²) in [6.45, 7) is 2.38. The largest absolute Gasteiger partial charge is 0.491 e. The summed E-state index contributed by atoms with van der Waals surface area (Å²) >= 11 is 0. The first-order valence-corrected chi connectivity index (χ1v) is 10.8. The molecule has 2 atom stereocenters. The summed E-state index contributed by atoms with van der Waals surface area (Å²) in [4.78, 5) is 9.44. The third kappa shape index (κ3) is 4.12. The number of imidazole rings is 1. The topological polar surface area (TPSA) is 90.1 Å². The van der Waals surface area contributed by atoms with Crippen LogP contribution in [0.15, 0.2) is 54.9 Å². The van der Waals surface area contributed by atoms with Crippen molar-refractivity contribution in [3.8, 4) is 22.9 Å². The summed E-state index contributed by atoms with van der Waals surface area (Å²) in [6.07, 6.45) is 3.70. The molecule has 0 amide bonds. The molecule has 1 saturated heterocycles. The van der Waals surface area contributed by atoms with E-state index in [1.807, 2.05) is 59.3 Å². The van der Waals surface area contributed by atoms with Crippen LogP contribution in [-0.4, -0.2) is 65.1 Å². The van der Waals surface area contributed by atoms with E-state index in [-0.39, 0.29) is 6.10 Å². The highest BCUT2D eigenvalue weighted by Crippen LogP contribution is 2.30. The SMILES string of the molecule is COCCOc1ccn2c(-c3ccc4cccc(OC5CCNC[C@@H]5O)c4n3)cnc2c1. The number of hydrogen-bond acceptors (Lipinski definition) is 7. The summed E-state index contributed by atoms with van der Waals surface area (Å²) in [5.41, 5.74) is 3.21. The van der Waals surface area contributed by atoms with Crippen molar-refractivity contribution >= 4 is 16.6 Å². The number of nitrogens with zero attached hydrogens (tertiary/aromatic N) is 3. The Labute approximate surface area is 185 Å². The number of pyridine rings is 2. The van der Waals surface area contributed by atoms with E-state index in [4.69, 9.17) is 19.2 Å². The van der Waals surface area contributed by atoms with Gasteiger partial charge in [-0.15, -0.1) is 0 Å². The number of rotatable bonds is 7. The van der Waals surface area contributed by atoms with Gasteiger partial charge in [0.1, 0.15) is 41.5 Å². The average molecular weight is 434 g/mol. The molecule has 166 valence electrons. The normalized spacial score (nSPS) is 18.8. The van der Waals surface area contributed by atoms with Gasteiger partial charge in [0.25, 0.3) is 0 Å². The number of nitrogens with one attached hydrogen (secondary N) is 1. The van der Waals surface area contributed by atoms with Crippen LogP contribution < -0.4 is 14.8 Å². The van der Waals surface area contributed by atoms with Gasteiger partial charge in [-0.25, -0.2) is 9.97 Å². The van der Waals surface area contributed by atoms with E-state index >= 15 is 0 Å². The van der Waals surface area contributed by atoms with Gasteiger partial charge < -0.3 is 24.6 Å². The van der Waals surface area contributed by atoms with Crippen molar-refractivity contribution in [3.63, 3.8) is 0 Å². The third-order valence-corrected chi connectivity index (χ3v) is 5.65. The number of aromatic nitrogens is 3. The number of fused-ring (bicyclic) bond motifs is 2. The van der Waals surface area contributed by atoms with Crippen molar-refractivity contribution in [2.75, 3.05) is 33.4 Å². The first-order chi connectivity index (χ1) is 15.7. The second-order valence-electron chi connectivity index (χ2n) is 7.82. The molecular weight excluding hydrogens is 408 g/mol. The predicted octanol–water partition coefficient (Wildman–Crippen LogP) is 2.68. The lowest BCUT2D eigenvalue weighted by atomic mass is 10.1. The monoisotopic (exact) mass is 434 g/mol. The summed E-state index contributed by atoms with van der Waals surface area (Å²) in [5, 5.41) is 14.4. The summed E-state index contributed by atoms with van der Waals surface area (Å²) in [5.74, 6) is 1.42. The van der Waals surface area contributed by atoms with Crippen LogP contribution >= 0.6 is 0 Å². The van der Waals surface area contributed by atoms with Gasteiger partial charge in [0.15, 0.2) is 0 Å². The second kappa shape index (κ2) is 9.12. The van der Waals surface area contributed by atoms with Crippen LogP contribution in [0.4, 0.5) is 0 Å². The van der Waals surface area contributed by atoms with Gasteiger partial charge in [0.2, 0.25) is 0 Å². The van der Waals surface area contributed by atoms with Crippen LogP contribution in [-0.2, 0) is 4.74 Å². The van der Waals surface area contributed by atoms with E-state index in [2.05, 4.69) is 10.3 Å². The minimum Gasteiger partial charge on any atom is -0.491 e. The van der Waals surface area contributed by atoms with Crippen molar-refractivity contribution in [2.45, 2.75) is 18.6 Å². The lowest BCUT2D eigenvalue weighted by Crippen LogP contribution is -2.46. The maximum absolute atomic E-state index is 10.3. The fraction of sp³-hybridized carbons (Fsp3) is 0.333. The molecule has 1 unspecified atom stereocenters. The zero-order chi connectivity index (χ0) is 21.9. The maximum Gasteiger partial charge on any atom is 0.146 e. The summed E-state index contributed by atoms with van der Waals surface area (Å²) in [6, 6.07) is 13.7. The van der Waals surface area contributed by atoms with Crippen molar-refractivity contribution < 1.29 is 19.3 Å². The molecule has 8 heteroatoms. The lowest BCUT2D eigenvalue weighted by molar-refractivity contribution is 0.0170. The van der Waals surface area contributed by atoms with Crippen LogP contribution in [0, 0.1) is 0 Å². The molecule has 8 nitrogen and oxygen atoms in total. The minimum atomic E-state index is -0.540. The fourth-order valence-corrected chi connectivity index (χ4v) is 3.96. The molecule has 0 aliphatic carbocycles. The molecule has 0 saturated carbocycles. The van der Waals surface area contributed by atoms with E-state index in [1.54, 1.807) is 7.11 Å². The molecule has 4 aromatic rings. The number of aliphatic hydroxyl groups excluding tert-OH is 1. The zero-order valence-electron chi connectivity index (χ0n) is 17.9. The molecule has 1 aliphatic heterocycles. The highest BCUT2D eigenvalue weighted by molar-refractivity contribution is 5.86. The number of ether oxygens (including phenoxy) is 3. The van der Waals surface area contributed by atoms with Gasteiger partial charge in [-0.3, -0.25) is 4.40 Å². The van der Waals surface area contributed by atoms with Crippen molar-refractivity contribution in [2.24, 2.45) is 0 Å². The Bertz CT molecular complexity index is 1230. The molecule has 4 heterocycles. The number of β-amino-alcohol motifs (C(OH)–C–C–N with tert-alkyl or cyclic N) is 1. The van der Waals surface area contributed by atoms with Gasteiger partial charge in [0.05, 0.1) is 24.2 Å². The van der Waals surface area contributed by atoms with Crippen LogP contribution in [0.1, 0.15) is 6.42 Å². The minimum absolute atomic E-state index is 0.250. The van der Waals surface area contributed by atoms with Crippen LogP contribution in [0.3, 0.4) is 0 Å². The smallest absolute Gasteiger partial charge is 0.146 e. The van der Waals surface area contributed by atoms with E-state index < -0.39 is 6.10 Å². The molecule has 0 radical (unpaired) electrons. The van der Waals surface area contributed by atoms with Crippen molar-refractivity contribution in [1.82, 2.24) is 19.7 Å². The lowest BCUT2D eigenvalue weighted by Gasteiger charge is -2.29. The van der Waals surface area contributed by atoms with Gasteiger partial charge in [-0.1, -0.05) is 18.2 Å². The number of aliphatic hydroxyl groups is 1. The van der Waals surface area contributed by atoms with Crippen molar-refractivity contribution in [3.05, 3.63) is 54.9 Å². The molecule has 1 aromatic carbocycles. The maximum atomic E-state index is 10.3. The molecule has 0 bridgehead atoms. The number of piperidine rings is 1. The highest BCUT2D eigenvalue weighted by Gasteiger charge is 2.25. The molecule has 32 heavy (non-hydrogen) atoms. The van der Waals surface area contributed by atoms with Crippen LogP contribution in [0.25, 0.3) is 27.9 Å². The molecule has 0 spiro atoms. The first-order valence-electron chi connectivity index (χ1n) is 10.8. The number of para-hydroxylation sites is 1. The number of hydrogen-bond donors (Lipinski definition) is 2. The number of methoxy groups -OCH3 is 1. The van der Waals surface area contributed by atoms with Crippen molar-refractivity contribution in [1.29, 1.82) is 0 Å². The molecule has 5 rings (SSSR count). The highest BCUT2D eigenvalue weighted by atomic mass is 16.5. The molecule has 1 fully saturated rings. The zero-order valence-corrected chi connectivity index (χ0v) is 17.9. The molecular formula is C24H26N4O4. The molecule has 3 aromatic heterocycles. The quantitative estimate of drug-likeness (QED) is 0.432. The predicted molar refractivity (Wildman–Crippen MR) is 121 cm³/mol. The van der Waals surface area contributed by atoms with Crippen LogP contribution in [0.2, 0.25) is 0 Å². The van der Waals surface area contributed by atoms with E-state index in [1.165, 1.54) is 0 Å². The fourth-order valence-electron chi connectivity index (χ4n) is 3.96. The molecule has 1 aliphatic rings. The van der Waals surface area contributed by atoms with Crippen LogP contribution in [0.5, 0.6) is 11.5 Å². The number of benzene rings is 1. The Balaban J connectivity index is 1.47. The third-order valence-electron chi connectivity index (χ3n) is 5.65. The Hall–Kier alpha value is -3.20. The van der Waals surface area contributed by atoms with E-state index in [9.17, 15) is 5.11 Å². The second-order valence-corrected chi connectivity index (χ2v) is 7.82. The molecule has 2 N–H and O–H groups in total. The average Bonchev–Trinajstić information content (AvgIpc) is 3.24. The summed E-state index contributed by atoms with van der Waals surface area (Å²) in [7, 11) is 1.65. The standard InChI is InChI=1S/C24H26N4O4/c1-30-11-12-31-17-8-10-28-19(14-26-23(28)13-17)18-6-5-16-3-2-4-22(24(16)27-18)32-21-7-9-25-15-20(21)29/h2-6,8,10,13-14,20-21,25,29H,7,9,11-12,15H2,1H3/t20-,21?/m0/s1.